The molecule has 4 rings (SSSR count). The summed E-state index contributed by atoms with van der Waals surface area (Å²) in [7, 11) is -3.59. The van der Waals surface area contributed by atoms with Gasteiger partial charge in [-0.1, -0.05) is 39.0 Å². The minimum Gasteiger partial charge on any atom is -0.294 e. The number of benzene rings is 1. The highest BCUT2D eigenvalue weighted by molar-refractivity contribution is 7.89. The molecule has 1 aromatic carbocycles. The first kappa shape index (κ1) is 21.4. The van der Waals surface area contributed by atoms with Crippen molar-refractivity contribution in [2.45, 2.75) is 44.6 Å². The molecule has 0 spiro atoms. The van der Waals surface area contributed by atoms with Crippen molar-refractivity contribution >= 4 is 32.3 Å². The Morgan fingerprint density at radius 3 is 2.43 bits per heavy atom. The highest BCUT2D eigenvalue weighted by atomic mass is 32.2. The van der Waals surface area contributed by atoms with Gasteiger partial charge in [-0.25, -0.2) is 13.4 Å². The summed E-state index contributed by atoms with van der Waals surface area (Å²) in [6.45, 7) is 11.5. The monoisotopic (exact) mass is 444 g/mol. The Labute approximate surface area is 182 Å². The van der Waals surface area contributed by atoms with E-state index in [1.165, 1.54) is 0 Å². The molecule has 0 radical (unpaired) electrons. The van der Waals surface area contributed by atoms with Crippen LogP contribution in [0.4, 0.5) is 0 Å². The van der Waals surface area contributed by atoms with Gasteiger partial charge in [0.25, 0.3) is 0 Å². The first-order valence-corrected chi connectivity index (χ1v) is 12.5. The van der Waals surface area contributed by atoms with E-state index in [0.717, 1.165) is 28.3 Å². The van der Waals surface area contributed by atoms with Crippen molar-refractivity contribution in [2.24, 2.45) is 0 Å². The van der Waals surface area contributed by atoms with Crippen molar-refractivity contribution in [1.82, 2.24) is 19.2 Å². The van der Waals surface area contributed by atoms with Crippen molar-refractivity contribution in [3.8, 4) is 0 Å². The Morgan fingerprint density at radius 1 is 1.03 bits per heavy atom. The molecule has 2 aromatic heterocycles. The SMILES string of the molecule is Cc1ccc2cccc(S(=O)(=O)N3CCN(Cc4nc(C(C)(C)C)cs4)CC3)c2n1. The fraction of sp³-hybridized carbons (Fsp3) is 0.455. The fourth-order valence-corrected chi connectivity index (χ4v) is 6.25. The molecule has 0 N–H and O–H groups in total. The summed E-state index contributed by atoms with van der Waals surface area (Å²) in [5, 5.41) is 4.06. The minimum atomic E-state index is -3.59. The quantitative estimate of drug-likeness (QED) is 0.612. The Morgan fingerprint density at radius 2 is 1.77 bits per heavy atom. The molecule has 1 aliphatic rings. The molecular weight excluding hydrogens is 416 g/mol. The van der Waals surface area contributed by atoms with Crippen LogP contribution < -0.4 is 0 Å². The second kappa shape index (κ2) is 8.00. The van der Waals surface area contributed by atoms with E-state index in [2.05, 4.69) is 36.0 Å². The Balaban J connectivity index is 1.47. The molecule has 0 saturated carbocycles. The predicted molar refractivity (Wildman–Crippen MR) is 121 cm³/mol. The number of hydrogen-bond acceptors (Lipinski definition) is 6. The smallest absolute Gasteiger partial charge is 0.245 e. The van der Waals surface area contributed by atoms with Crippen LogP contribution in [0.2, 0.25) is 0 Å². The van der Waals surface area contributed by atoms with Crippen LogP contribution in [0.5, 0.6) is 0 Å². The molecule has 30 heavy (non-hydrogen) atoms. The second-order valence-electron chi connectivity index (χ2n) is 8.84. The summed E-state index contributed by atoms with van der Waals surface area (Å²) >= 11 is 1.68. The lowest BCUT2D eigenvalue weighted by Crippen LogP contribution is -2.48. The third-order valence-corrected chi connectivity index (χ3v) is 8.21. The standard InChI is InChI=1S/C22H28N4O2S2/c1-16-8-9-17-6-5-7-18(21(17)23-16)30(27,28)26-12-10-25(11-13-26)14-20-24-19(15-29-20)22(2,3)4/h5-9,15H,10-14H2,1-4H3. The third kappa shape index (κ3) is 4.27. The number of piperazine rings is 1. The molecule has 8 heteroatoms. The van der Waals surface area contributed by atoms with Crippen LogP contribution in [-0.2, 0) is 22.0 Å². The summed E-state index contributed by atoms with van der Waals surface area (Å²) in [6.07, 6.45) is 0. The summed E-state index contributed by atoms with van der Waals surface area (Å²) in [5.74, 6) is 0. The molecule has 0 aliphatic carbocycles. The zero-order valence-corrected chi connectivity index (χ0v) is 19.6. The molecule has 0 bridgehead atoms. The number of fused-ring (bicyclic) bond motifs is 1. The van der Waals surface area contributed by atoms with Gasteiger partial charge in [0.15, 0.2) is 0 Å². The molecule has 6 nitrogen and oxygen atoms in total. The van der Waals surface area contributed by atoms with Crippen LogP contribution in [-0.4, -0.2) is 53.8 Å². The summed E-state index contributed by atoms with van der Waals surface area (Å²) in [5.41, 5.74) is 2.53. The molecule has 160 valence electrons. The molecule has 1 saturated heterocycles. The van der Waals surface area contributed by atoms with Gasteiger partial charge in [-0.05, 0) is 19.1 Å². The molecule has 0 unspecified atom stereocenters. The van der Waals surface area contributed by atoms with Gasteiger partial charge in [0, 0.05) is 48.1 Å². The maximum atomic E-state index is 13.3. The van der Waals surface area contributed by atoms with E-state index in [0.29, 0.717) is 36.6 Å². The van der Waals surface area contributed by atoms with Gasteiger partial charge in [-0.2, -0.15) is 4.31 Å². The number of pyridine rings is 1. The van der Waals surface area contributed by atoms with Crippen LogP contribution >= 0.6 is 11.3 Å². The fourth-order valence-electron chi connectivity index (χ4n) is 3.61. The van der Waals surface area contributed by atoms with Crippen LogP contribution in [0, 0.1) is 6.92 Å². The van der Waals surface area contributed by atoms with Crippen LogP contribution in [0.25, 0.3) is 10.9 Å². The van der Waals surface area contributed by atoms with E-state index < -0.39 is 10.0 Å². The average molecular weight is 445 g/mol. The normalized spacial score (nSPS) is 16.9. The zero-order chi connectivity index (χ0) is 21.5. The largest absolute Gasteiger partial charge is 0.294 e. The maximum absolute atomic E-state index is 13.3. The van der Waals surface area contributed by atoms with Gasteiger partial charge in [0.2, 0.25) is 10.0 Å². The molecular formula is C22H28N4O2S2. The third-order valence-electron chi connectivity index (χ3n) is 5.45. The van der Waals surface area contributed by atoms with E-state index in [9.17, 15) is 8.42 Å². The highest BCUT2D eigenvalue weighted by Gasteiger charge is 2.30. The molecule has 1 fully saturated rings. The van der Waals surface area contributed by atoms with Gasteiger partial charge in [0.05, 0.1) is 17.8 Å². The van der Waals surface area contributed by atoms with Gasteiger partial charge < -0.3 is 0 Å². The summed E-state index contributed by atoms with van der Waals surface area (Å²) in [6, 6.07) is 9.19. The number of thiazole rings is 1. The van der Waals surface area contributed by atoms with Crippen molar-refractivity contribution in [3.05, 3.63) is 52.1 Å². The van der Waals surface area contributed by atoms with Gasteiger partial charge in [-0.3, -0.25) is 9.88 Å². The van der Waals surface area contributed by atoms with Crippen molar-refractivity contribution in [1.29, 1.82) is 0 Å². The van der Waals surface area contributed by atoms with Crippen LogP contribution in [0.3, 0.4) is 0 Å². The lowest BCUT2D eigenvalue weighted by atomic mass is 9.93. The number of sulfonamides is 1. The van der Waals surface area contributed by atoms with E-state index in [-0.39, 0.29) is 5.41 Å². The number of para-hydroxylation sites is 1. The second-order valence-corrected chi connectivity index (χ2v) is 11.7. The number of hydrogen-bond donors (Lipinski definition) is 0. The van der Waals surface area contributed by atoms with E-state index in [4.69, 9.17) is 4.98 Å². The van der Waals surface area contributed by atoms with E-state index >= 15 is 0 Å². The van der Waals surface area contributed by atoms with Gasteiger partial charge >= 0.3 is 0 Å². The molecule has 3 heterocycles. The Hall–Kier alpha value is -1.87. The summed E-state index contributed by atoms with van der Waals surface area (Å²) < 4.78 is 28.3. The van der Waals surface area contributed by atoms with Crippen LogP contribution in [0.15, 0.2) is 40.6 Å². The van der Waals surface area contributed by atoms with Gasteiger partial charge in [0.1, 0.15) is 9.90 Å². The lowest BCUT2D eigenvalue weighted by Gasteiger charge is -2.33. The molecule has 0 atom stereocenters. The summed E-state index contributed by atoms with van der Waals surface area (Å²) in [4.78, 5) is 11.9. The Bertz CT molecular complexity index is 1160. The van der Waals surface area contributed by atoms with Crippen molar-refractivity contribution < 1.29 is 8.42 Å². The molecule has 1 aliphatic heterocycles. The van der Waals surface area contributed by atoms with Crippen LogP contribution in [0.1, 0.15) is 37.2 Å². The number of aryl methyl sites for hydroxylation is 1. The first-order valence-electron chi connectivity index (χ1n) is 10.2. The average Bonchev–Trinajstić information content (AvgIpc) is 3.17. The minimum absolute atomic E-state index is 0.0480. The number of nitrogens with zero attached hydrogens (tertiary/aromatic N) is 4. The molecule has 3 aromatic rings. The molecule has 0 amide bonds. The maximum Gasteiger partial charge on any atom is 0.245 e. The first-order chi connectivity index (χ1) is 14.1. The number of rotatable bonds is 4. The van der Waals surface area contributed by atoms with Crippen molar-refractivity contribution in [2.75, 3.05) is 26.2 Å². The van der Waals surface area contributed by atoms with E-state index in [1.807, 2.05) is 25.1 Å². The predicted octanol–water partition coefficient (Wildman–Crippen LogP) is 3.80. The highest BCUT2D eigenvalue weighted by Crippen LogP contribution is 2.27. The lowest BCUT2D eigenvalue weighted by molar-refractivity contribution is 0.181. The topological polar surface area (TPSA) is 66.4 Å². The van der Waals surface area contributed by atoms with E-state index in [1.54, 1.807) is 27.8 Å². The number of aromatic nitrogens is 2. The zero-order valence-electron chi connectivity index (χ0n) is 17.9. The van der Waals surface area contributed by atoms with Gasteiger partial charge in [-0.15, -0.1) is 11.3 Å². The van der Waals surface area contributed by atoms with Crippen molar-refractivity contribution in [3.63, 3.8) is 0 Å². The Kier molecular flexibility index (Phi) is 5.69.